The third-order valence-electron chi connectivity index (χ3n) is 5.01. The van der Waals surface area contributed by atoms with Gasteiger partial charge in [0.15, 0.2) is 0 Å². The number of anilines is 1. The van der Waals surface area contributed by atoms with Crippen LogP contribution in [0, 0.1) is 6.92 Å². The van der Waals surface area contributed by atoms with E-state index in [0.717, 1.165) is 0 Å². The first-order valence-corrected chi connectivity index (χ1v) is 11.5. The quantitative estimate of drug-likeness (QED) is 0.546. The van der Waals surface area contributed by atoms with Crippen molar-refractivity contribution >= 4 is 44.8 Å². The van der Waals surface area contributed by atoms with E-state index in [9.17, 15) is 23.1 Å². The summed E-state index contributed by atoms with van der Waals surface area (Å²) >= 11 is 6.01. The van der Waals surface area contributed by atoms with E-state index in [0.29, 0.717) is 21.8 Å². The smallest absolute Gasteiger partial charge is 0.335 e. The lowest BCUT2D eigenvalue weighted by Crippen LogP contribution is -2.22. The van der Waals surface area contributed by atoms with E-state index >= 15 is 0 Å². The van der Waals surface area contributed by atoms with Crippen molar-refractivity contribution in [2.24, 2.45) is 4.40 Å². The molecule has 2 N–H and O–H groups in total. The Morgan fingerprint density at radius 3 is 2.42 bits per heavy atom. The number of nitrogens with one attached hydrogen (secondary N) is 1. The number of aryl methyl sites for hydroxylation is 1. The lowest BCUT2D eigenvalue weighted by Gasteiger charge is -2.19. The van der Waals surface area contributed by atoms with Crippen molar-refractivity contribution in [1.29, 1.82) is 0 Å². The maximum atomic E-state index is 13.0. The molecule has 0 saturated carbocycles. The molecular weight excluding hydrogens is 464 g/mol. The number of Topliss-reactive ketones (excluding diaryl/α,β-unsaturated/α-hetero) is 1. The molecule has 1 aliphatic rings. The van der Waals surface area contributed by atoms with Gasteiger partial charge in [-0.2, -0.15) is 12.8 Å². The molecule has 166 valence electrons. The lowest BCUT2D eigenvalue weighted by molar-refractivity contribution is 0.0696. The molecule has 9 heteroatoms. The SMILES string of the molecule is Cc1cc(S(=O)(=O)/N=C2\C=C(Nc3cccc(C(=O)O)c3)C(=O)c3ccccc32)ccc1Cl. The summed E-state index contributed by atoms with van der Waals surface area (Å²) in [6.45, 7) is 1.69. The van der Waals surface area contributed by atoms with Crippen molar-refractivity contribution in [1.82, 2.24) is 0 Å². The number of hydrogen-bond donors (Lipinski definition) is 2. The topological polar surface area (TPSA) is 113 Å². The van der Waals surface area contributed by atoms with Crippen LogP contribution in [0.5, 0.6) is 0 Å². The minimum absolute atomic E-state index is 0.0247. The Morgan fingerprint density at radius 1 is 1.00 bits per heavy atom. The van der Waals surface area contributed by atoms with E-state index in [1.54, 1.807) is 37.3 Å². The number of fused-ring (bicyclic) bond motifs is 1. The largest absolute Gasteiger partial charge is 0.478 e. The van der Waals surface area contributed by atoms with Gasteiger partial charge in [0.2, 0.25) is 5.78 Å². The van der Waals surface area contributed by atoms with Gasteiger partial charge in [-0.05, 0) is 55.0 Å². The molecule has 0 bridgehead atoms. The highest BCUT2D eigenvalue weighted by Gasteiger charge is 2.26. The van der Waals surface area contributed by atoms with Crippen molar-refractivity contribution in [3.8, 4) is 0 Å². The maximum absolute atomic E-state index is 13.0. The number of halogens is 1. The van der Waals surface area contributed by atoms with Crippen LogP contribution in [-0.4, -0.2) is 31.0 Å². The van der Waals surface area contributed by atoms with Gasteiger partial charge in [0, 0.05) is 21.8 Å². The first-order chi connectivity index (χ1) is 15.7. The molecule has 0 heterocycles. The van der Waals surface area contributed by atoms with Crippen LogP contribution in [0.25, 0.3) is 0 Å². The minimum atomic E-state index is -4.11. The molecule has 0 unspecified atom stereocenters. The molecule has 0 aromatic heterocycles. The average Bonchev–Trinajstić information content (AvgIpc) is 2.78. The van der Waals surface area contributed by atoms with Crippen molar-refractivity contribution in [2.45, 2.75) is 11.8 Å². The maximum Gasteiger partial charge on any atom is 0.335 e. The van der Waals surface area contributed by atoms with Gasteiger partial charge < -0.3 is 10.4 Å². The van der Waals surface area contributed by atoms with E-state index < -0.39 is 16.0 Å². The predicted octanol–water partition coefficient (Wildman–Crippen LogP) is 4.72. The second-order valence-electron chi connectivity index (χ2n) is 7.31. The van der Waals surface area contributed by atoms with Crippen LogP contribution in [0.1, 0.15) is 31.8 Å². The van der Waals surface area contributed by atoms with Gasteiger partial charge in [-0.15, -0.1) is 0 Å². The number of sulfonamides is 1. The summed E-state index contributed by atoms with van der Waals surface area (Å²) in [5, 5.41) is 12.5. The first-order valence-electron chi connectivity index (χ1n) is 9.73. The highest BCUT2D eigenvalue weighted by Crippen LogP contribution is 2.26. The zero-order valence-electron chi connectivity index (χ0n) is 17.2. The summed E-state index contributed by atoms with van der Waals surface area (Å²) in [6, 6.07) is 16.8. The predicted molar refractivity (Wildman–Crippen MR) is 126 cm³/mol. The number of rotatable bonds is 5. The summed E-state index contributed by atoms with van der Waals surface area (Å²) in [7, 11) is -4.11. The Morgan fingerprint density at radius 2 is 1.73 bits per heavy atom. The van der Waals surface area contributed by atoms with Gasteiger partial charge in [-0.25, -0.2) is 4.79 Å². The van der Waals surface area contributed by atoms with Crippen molar-refractivity contribution in [2.75, 3.05) is 5.32 Å². The molecule has 0 amide bonds. The number of nitrogens with zero attached hydrogens (tertiary/aromatic N) is 1. The number of carboxylic acid groups (broad SMARTS) is 1. The fourth-order valence-corrected chi connectivity index (χ4v) is 4.54. The zero-order valence-corrected chi connectivity index (χ0v) is 18.8. The first kappa shape index (κ1) is 22.4. The van der Waals surface area contributed by atoms with E-state index in [2.05, 4.69) is 9.71 Å². The van der Waals surface area contributed by atoms with Gasteiger partial charge in [-0.3, -0.25) is 4.79 Å². The van der Waals surface area contributed by atoms with Gasteiger partial charge in [0.25, 0.3) is 10.0 Å². The van der Waals surface area contributed by atoms with Gasteiger partial charge in [0.05, 0.1) is 21.9 Å². The van der Waals surface area contributed by atoms with E-state index in [1.165, 1.54) is 42.5 Å². The molecule has 3 aromatic rings. The molecule has 0 atom stereocenters. The third kappa shape index (κ3) is 4.57. The van der Waals surface area contributed by atoms with E-state index in [-0.39, 0.29) is 33.2 Å². The molecule has 0 aliphatic heterocycles. The average molecular weight is 481 g/mol. The van der Waals surface area contributed by atoms with Crippen LogP contribution < -0.4 is 5.32 Å². The highest BCUT2D eigenvalue weighted by molar-refractivity contribution is 7.90. The summed E-state index contributed by atoms with van der Waals surface area (Å²) in [5.74, 6) is -1.48. The Balaban J connectivity index is 1.81. The van der Waals surface area contributed by atoms with Crippen molar-refractivity contribution < 1.29 is 23.1 Å². The van der Waals surface area contributed by atoms with Crippen LogP contribution >= 0.6 is 11.6 Å². The molecule has 3 aromatic carbocycles. The normalized spacial score (nSPS) is 14.5. The summed E-state index contributed by atoms with van der Waals surface area (Å²) in [6.07, 6.45) is 1.35. The summed E-state index contributed by atoms with van der Waals surface area (Å²) in [4.78, 5) is 24.3. The van der Waals surface area contributed by atoms with Crippen LogP contribution in [-0.2, 0) is 10.0 Å². The van der Waals surface area contributed by atoms with Gasteiger partial charge in [-0.1, -0.05) is 41.9 Å². The second kappa shape index (κ2) is 8.65. The Hall–Kier alpha value is -3.75. The molecule has 0 spiro atoms. The number of hydrogen-bond acceptors (Lipinski definition) is 5. The lowest BCUT2D eigenvalue weighted by atomic mass is 9.92. The molecule has 7 nitrogen and oxygen atoms in total. The fraction of sp³-hybridized carbons (Fsp3) is 0.0417. The van der Waals surface area contributed by atoms with E-state index in [4.69, 9.17) is 11.6 Å². The molecular formula is C24H17ClN2O5S. The standard InChI is InChI=1S/C24H17ClN2O5S/c1-14-11-17(9-10-20(14)25)33(31,32)27-21-13-22(23(28)19-8-3-2-7-18(19)21)26-16-6-4-5-15(12-16)24(29)30/h2-13,26H,1H3,(H,29,30)/b27-21+. The number of carbonyl (C=O) groups is 2. The molecule has 0 saturated heterocycles. The van der Waals surface area contributed by atoms with Gasteiger partial charge >= 0.3 is 5.97 Å². The number of carboxylic acids is 1. The van der Waals surface area contributed by atoms with Gasteiger partial charge in [0.1, 0.15) is 0 Å². The zero-order chi connectivity index (χ0) is 23.8. The monoisotopic (exact) mass is 480 g/mol. The second-order valence-corrected chi connectivity index (χ2v) is 9.32. The van der Waals surface area contributed by atoms with E-state index in [1.807, 2.05) is 0 Å². The van der Waals surface area contributed by atoms with Crippen molar-refractivity contribution in [3.05, 3.63) is 106 Å². The van der Waals surface area contributed by atoms with Crippen LogP contribution in [0.4, 0.5) is 5.69 Å². The number of ketones is 1. The molecule has 0 radical (unpaired) electrons. The van der Waals surface area contributed by atoms with Crippen LogP contribution in [0.15, 0.2) is 87.8 Å². The molecule has 0 fully saturated rings. The Bertz CT molecular complexity index is 1480. The molecule has 33 heavy (non-hydrogen) atoms. The third-order valence-corrected chi connectivity index (χ3v) is 6.72. The van der Waals surface area contributed by atoms with Crippen LogP contribution in [0.2, 0.25) is 5.02 Å². The molecule has 1 aliphatic carbocycles. The van der Waals surface area contributed by atoms with Crippen molar-refractivity contribution in [3.63, 3.8) is 0 Å². The number of allylic oxidation sites excluding steroid dienone is 2. The minimum Gasteiger partial charge on any atom is -0.478 e. The number of aromatic carboxylic acids is 1. The number of benzene rings is 3. The van der Waals surface area contributed by atoms with Crippen LogP contribution in [0.3, 0.4) is 0 Å². The fourth-order valence-electron chi connectivity index (χ4n) is 3.34. The summed E-state index contributed by atoms with van der Waals surface area (Å²) < 4.78 is 30.0. The Kier molecular flexibility index (Phi) is 5.88. The number of carbonyl (C=O) groups excluding carboxylic acids is 1. The molecule has 4 rings (SSSR count). The highest BCUT2D eigenvalue weighted by atomic mass is 35.5. The Labute approximate surface area is 195 Å². The summed E-state index contributed by atoms with van der Waals surface area (Å²) in [5.41, 5.74) is 1.79.